The van der Waals surface area contributed by atoms with Crippen molar-refractivity contribution >= 4 is 5.91 Å². The second kappa shape index (κ2) is 7.85. The minimum absolute atomic E-state index is 0.153. The molecule has 0 spiro atoms. The lowest BCUT2D eigenvalue weighted by Crippen LogP contribution is -2.45. The fraction of sp³-hybridized carbons (Fsp3) is 0.778. The highest BCUT2D eigenvalue weighted by Gasteiger charge is 2.24. The maximum absolute atomic E-state index is 12.7. The smallest absolute Gasteiger partial charge is 0.224 e. The van der Waals surface area contributed by atoms with Crippen molar-refractivity contribution in [1.29, 1.82) is 0 Å². The van der Waals surface area contributed by atoms with Crippen LogP contribution < -0.4 is 5.32 Å². The van der Waals surface area contributed by atoms with E-state index in [9.17, 15) is 4.79 Å². The molecule has 7 nitrogen and oxygen atoms in total. The SMILES string of the molecule is O=C(C[C@@H]1COCCN1)N1CCCn2nc(CN3CCCC3)cc2C1. The lowest BCUT2D eigenvalue weighted by molar-refractivity contribution is -0.133. The number of aromatic nitrogens is 2. The molecule has 3 aliphatic rings. The van der Waals surface area contributed by atoms with Crippen LogP contribution in [0.5, 0.6) is 0 Å². The molecular formula is C18H29N5O2. The van der Waals surface area contributed by atoms with Crippen LogP contribution in [-0.2, 0) is 29.2 Å². The molecule has 0 aliphatic carbocycles. The Morgan fingerprint density at radius 2 is 2.12 bits per heavy atom. The zero-order valence-corrected chi connectivity index (χ0v) is 15.0. The van der Waals surface area contributed by atoms with Crippen LogP contribution in [0.4, 0.5) is 0 Å². The van der Waals surface area contributed by atoms with Crippen molar-refractivity contribution in [3.63, 3.8) is 0 Å². The maximum Gasteiger partial charge on any atom is 0.224 e. The third kappa shape index (κ3) is 4.22. The number of ether oxygens (including phenoxy) is 1. The number of morpholine rings is 1. The largest absolute Gasteiger partial charge is 0.378 e. The van der Waals surface area contributed by atoms with Gasteiger partial charge >= 0.3 is 0 Å². The van der Waals surface area contributed by atoms with E-state index in [0.717, 1.165) is 44.9 Å². The third-order valence-electron chi connectivity index (χ3n) is 5.42. The normalized spacial score (nSPS) is 25.0. The van der Waals surface area contributed by atoms with Crippen molar-refractivity contribution in [2.75, 3.05) is 39.4 Å². The standard InChI is InChI=1S/C18H29N5O2/c24-18(11-16-14-25-9-4-19-16)22-7-3-8-23-17(13-22)10-15(20-23)12-21-5-1-2-6-21/h10,16,19H,1-9,11-14H2/t16-/m1/s1. The Bertz CT molecular complexity index is 590. The van der Waals surface area contributed by atoms with Gasteiger partial charge < -0.3 is 15.0 Å². The highest BCUT2D eigenvalue weighted by Crippen LogP contribution is 2.18. The summed E-state index contributed by atoms with van der Waals surface area (Å²) in [4.78, 5) is 17.2. The first-order chi connectivity index (χ1) is 12.3. The maximum atomic E-state index is 12.7. The van der Waals surface area contributed by atoms with Gasteiger partial charge in [-0.3, -0.25) is 14.4 Å². The van der Waals surface area contributed by atoms with Gasteiger partial charge in [0.15, 0.2) is 0 Å². The molecule has 138 valence electrons. The highest BCUT2D eigenvalue weighted by molar-refractivity contribution is 5.76. The van der Waals surface area contributed by atoms with Gasteiger partial charge in [0.25, 0.3) is 0 Å². The monoisotopic (exact) mass is 347 g/mol. The van der Waals surface area contributed by atoms with E-state index in [1.54, 1.807) is 0 Å². The number of nitrogens with one attached hydrogen (secondary N) is 1. The molecule has 3 aliphatic heterocycles. The predicted octanol–water partition coefficient (Wildman–Crippen LogP) is 0.590. The molecule has 0 saturated carbocycles. The Balaban J connectivity index is 1.37. The van der Waals surface area contributed by atoms with Crippen LogP contribution in [0.15, 0.2) is 6.07 Å². The molecule has 4 heterocycles. The number of likely N-dealkylation sites (tertiary alicyclic amines) is 1. The van der Waals surface area contributed by atoms with Crippen molar-refractivity contribution in [1.82, 2.24) is 24.9 Å². The van der Waals surface area contributed by atoms with E-state index in [1.807, 2.05) is 4.90 Å². The molecule has 0 radical (unpaired) electrons. The quantitative estimate of drug-likeness (QED) is 0.864. The van der Waals surface area contributed by atoms with Crippen molar-refractivity contribution < 1.29 is 9.53 Å². The van der Waals surface area contributed by atoms with Crippen LogP contribution >= 0.6 is 0 Å². The van der Waals surface area contributed by atoms with Crippen LogP contribution in [0.1, 0.15) is 37.1 Å². The summed E-state index contributed by atoms with van der Waals surface area (Å²) in [5.41, 5.74) is 2.32. The summed E-state index contributed by atoms with van der Waals surface area (Å²) < 4.78 is 7.58. The Morgan fingerprint density at radius 3 is 2.92 bits per heavy atom. The second-order valence-corrected chi connectivity index (χ2v) is 7.43. The molecular weight excluding hydrogens is 318 g/mol. The van der Waals surface area contributed by atoms with Gasteiger partial charge in [0.1, 0.15) is 0 Å². The fourth-order valence-electron chi connectivity index (χ4n) is 4.07. The number of carbonyl (C=O) groups excluding carboxylic acids is 1. The fourth-order valence-corrected chi connectivity index (χ4v) is 4.07. The molecule has 1 atom stereocenters. The molecule has 7 heteroatoms. The second-order valence-electron chi connectivity index (χ2n) is 7.43. The molecule has 0 aromatic carbocycles. The van der Waals surface area contributed by atoms with E-state index < -0.39 is 0 Å². The molecule has 1 aromatic heterocycles. The first kappa shape index (κ1) is 17.0. The summed E-state index contributed by atoms with van der Waals surface area (Å²) in [6.07, 6.45) is 4.09. The minimum atomic E-state index is 0.153. The molecule has 1 N–H and O–H groups in total. The zero-order valence-electron chi connectivity index (χ0n) is 15.0. The van der Waals surface area contributed by atoms with E-state index >= 15 is 0 Å². The van der Waals surface area contributed by atoms with Gasteiger partial charge in [-0.05, 0) is 38.4 Å². The summed E-state index contributed by atoms with van der Waals surface area (Å²) >= 11 is 0. The van der Waals surface area contributed by atoms with Crippen LogP contribution in [0, 0.1) is 0 Å². The average molecular weight is 347 g/mol. The van der Waals surface area contributed by atoms with E-state index in [2.05, 4.69) is 21.0 Å². The van der Waals surface area contributed by atoms with Crippen LogP contribution in [-0.4, -0.2) is 70.9 Å². The van der Waals surface area contributed by atoms with Gasteiger partial charge in [-0.25, -0.2) is 0 Å². The van der Waals surface area contributed by atoms with Gasteiger partial charge in [0.05, 0.1) is 31.1 Å². The van der Waals surface area contributed by atoms with Crippen molar-refractivity contribution in [3.05, 3.63) is 17.5 Å². The number of aryl methyl sites for hydroxylation is 1. The molecule has 2 saturated heterocycles. The van der Waals surface area contributed by atoms with Crippen molar-refractivity contribution in [2.24, 2.45) is 0 Å². The third-order valence-corrected chi connectivity index (χ3v) is 5.42. The molecule has 0 bridgehead atoms. The number of hydrogen-bond acceptors (Lipinski definition) is 5. The topological polar surface area (TPSA) is 62.6 Å². The van der Waals surface area contributed by atoms with Gasteiger partial charge in [-0.1, -0.05) is 0 Å². The number of fused-ring (bicyclic) bond motifs is 1. The molecule has 25 heavy (non-hydrogen) atoms. The van der Waals surface area contributed by atoms with Gasteiger partial charge in [-0.15, -0.1) is 0 Å². The van der Waals surface area contributed by atoms with E-state index in [-0.39, 0.29) is 11.9 Å². The summed E-state index contributed by atoms with van der Waals surface area (Å²) in [6, 6.07) is 2.35. The summed E-state index contributed by atoms with van der Waals surface area (Å²) in [6.45, 7) is 7.93. The summed E-state index contributed by atoms with van der Waals surface area (Å²) in [7, 11) is 0. The van der Waals surface area contributed by atoms with Crippen LogP contribution in [0.2, 0.25) is 0 Å². The highest BCUT2D eigenvalue weighted by atomic mass is 16.5. The number of hydrogen-bond donors (Lipinski definition) is 1. The Morgan fingerprint density at radius 1 is 1.24 bits per heavy atom. The number of rotatable bonds is 4. The zero-order chi connectivity index (χ0) is 17.1. The molecule has 1 amide bonds. The lowest BCUT2D eigenvalue weighted by Gasteiger charge is -2.26. The molecule has 2 fully saturated rings. The average Bonchev–Trinajstić information content (AvgIpc) is 3.21. The Kier molecular flexibility index (Phi) is 5.33. The minimum Gasteiger partial charge on any atom is -0.378 e. The molecule has 4 rings (SSSR count). The Labute approximate surface area is 149 Å². The number of carbonyl (C=O) groups is 1. The summed E-state index contributed by atoms with van der Waals surface area (Å²) in [5, 5.41) is 8.16. The molecule has 1 aromatic rings. The van der Waals surface area contributed by atoms with Gasteiger partial charge in [0, 0.05) is 38.6 Å². The summed E-state index contributed by atoms with van der Waals surface area (Å²) in [5.74, 6) is 0.221. The van der Waals surface area contributed by atoms with Crippen LogP contribution in [0.25, 0.3) is 0 Å². The van der Waals surface area contributed by atoms with E-state index in [4.69, 9.17) is 9.84 Å². The van der Waals surface area contributed by atoms with E-state index in [1.165, 1.54) is 31.6 Å². The van der Waals surface area contributed by atoms with Gasteiger partial charge in [0.2, 0.25) is 5.91 Å². The first-order valence-corrected chi connectivity index (χ1v) is 9.65. The number of amides is 1. The van der Waals surface area contributed by atoms with Crippen LogP contribution in [0.3, 0.4) is 0 Å². The van der Waals surface area contributed by atoms with E-state index in [0.29, 0.717) is 19.6 Å². The van der Waals surface area contributed by atoms with Gasteiger partial charge in [-0.2, -0.15) is 5.10 Å². The predicted molar refractivity (Wildman–Crippen MR) is 94.0 cm³/mol. The number of nitrogens with zero attached hydrogens (tertiary/aromatic N) is 4. The Hall–Kier alpha value is -1.44. The molecule has 0 unspecified atom stereocenters. The van der Waals surface area contributed by atoms with Crippen molar-refractivity contribution in [2.45, 2.75) is 51.4 Å². The first-order valence-electron chi connectivity index (χ1n) is 9.65. The van der Waals surface area contributed by atoms with Crippen molar-refractivity contribution in [3.8, 4) is 0 Å². The lowest BCUT2D eigenvalue weighted by atomic mass is 10.1.